The van der Waals surface area contributed by atoms with Gasteiger partial charge in [-0.2, -0.15) is 0 Å². The molecule has 1 aromatic carbocycles. The number of aliphatic carboxylic acids is 1. The Hall–Kier alpha value is -2.04. The predicted molar refractivity (Wildman–Crippen MR) is 96.6 cm³/mol. The molecule has 1 aromatic rings. The topological polar surface area (TPSA) is 75.6 Å². The van der Waals surface area contributed by atoms with Gasteiger partial charge in [0.05, 0.1) is 12.5 Å². The van der Waals surface area contributed by atoms with E-state index < -0.39 is 11.4 Å². The van der Waals surface area contributed by atoms with Crippen molar-refractivity contribution in [1.29, 1.82) is 0 Å². The lowest BCUT2D eigenvalue weighted by Gasteiger charge is -2.33. The van der Waals surface area contributed by atoms with Crippen LogP contribution in [0.4, 0.5) is 0 Å². The van der Waals surface area contributed by atoms with Crippen molar-refractivity contribution in [3.8, 4) is 5.75 Å². The molecule has 0 radical (unpaired) electrons. The number of para-hydroxylation sites is 1. The first-order chi connectivity index (χ1) is 12.0. The number of benzene rings is 1. The molecule has 138 valence electrons. The van der Waals surface area contributed by atoms with Crippen LogP contribution in [0.15, 0.2) is 24.3 Å². The summed E-state index contributed by atoms with van der Waals surface area (Å²) in [5.74, 6) is 0.133. The fourth-order valence-electron chi connectivity index (χ4n) is 3.67. The van der Waals surface area contributed by atoms with E-state index in [1.54, 1.807) is 7.11 Å². The van der Waals surface area contributed by atoms with Gasteiger partial charge in [0.1, 0.15) is 5.75 Å². The van der Waals surface area contributed by atoms with Crippen LogP contribution in [0.25, 0.3) is 0 Å². The zero-order chi connectivity index (χ0) is 18.3. The number of nitrogens with one attached hydrogen (secondary N) is 1. The minimum atomic E-state index is -0.783. The molecule has 5 heteroatoms. The zero-order valence-corrected chi connectivity index (χ0v) is 15.2. The Morgan fingerprint density at radius 2 is 1.92 bits per heavy atom. The lowest BCUT2D eigenvalue weighted by Crippen LogP contribution is -2.44. The molecule has 25 heavy (non-hydrogen) atoms. The third-order valence-corrected chi connectivity index (χ3v) is 5.18. The van der Waals surface area contributed by atoms with E-state index in [4.69, 9.17) is 4.74 Å². The normalized spacial score (nSPS) is 17.5. The second-order valence-electron chi connectivity index (χ2n) is 7.25. The monoisotopic (exact) mass is 347 g/mol. The van der Waals surface area contributed by atoms with Crippen LogP contribution in [0, 0.1) is 11.3 Å². The van der Waals surface area contributed by atoms with Gasteiger partial charge in [-0.3, -0.25) is 9.59 Å². The lowest BCUT2D eigenvalue weighted by atomic mass is 9.74. The van der Waals surface area contributed by atoms with E-state index in [2.05, 4.69) is 5.32 Å². The van der Waals surface area contributed by atoms with Gasteiger partial charge in [0.15, 0.2) is 0 Å². The maximum Gasteiger partial charge on any atom is 0.311 e. The lowest BCUT2D eigenvalue weighted by molar-refractivity contribution is -0.151. The second-order valence-corrected chi connectivity index (χ2v) is 7.25. The fraction of sp³-hybridized carbons (Fsp3) is 0.600. The molecule has 0 saturated heterocycles. The third-order valence-electron chi connectivity index (χ3n) is 5.18. The summed E-state index contributed by atoms with van der Waals surface area (Å²) in [6.45, 7) is 2.27. The van der Waals surface area contributed by atoms with E-state index >= 15 is 0 Å². The molecular formula is C20H29NO4. The van der Waals surface area contributed by atoms with Gasteiger partial charge in [-0.15, -0.1) is 0 Å². The molecule has 1 aliphatic rings. The van der Waals surface area contributed by atoms with Crippen LogP contribution in [0.1, 0.15) is 51.0 Å². The van der Waals surface area contributed by atoms with Crippen LogP contribution in [0.3, 0.4) is 0 Å². The van der Waals surface area contributed by atoms with E-state index in [1.807, 2.05) is 31.2 Å². The van der Waals surface area contributed by atoms with Crippen molar-refractivity contribution in [3.63, 3.8) is 0 Å². The first kappa shape index (κ1) is 19.3. The van der Waals surface area contributed by atoms with Gasteiger partial charge in [-0.25, -0.2) is 0 Å². The summed E-state index contributed by atoms with van der Waals surface area (Å²) in [4.78, 5) is 23.9. The average Bonchev–Trinajstić information content (AvgIpc) is 2.61. The number of rotatable bonds is 8. The highest BCUT2D eigenvalue weighted by Crippen LogP contribution is 2.36. The van der Waals surface area contributed by atoms with Crippen LogP contribution >= 0.6 is 0 Å². The molecule has 1 saturated carbocycles. The van der Waals surface area contributed by atoms with E-state index in [1.165, 1.54) is 0 Å². The van der Waals surface area contributed by atoms with Gasteiger partial charge < -0.3 is 15.2 Å². The molecule has 1 fully saturated rings. The number of carbonyl (C=O) groups is 2. The molecule has 2 N–H and O–H groups in total. The van der Waals surface area contributed by atoms with Crippen molar-refractivity contribution in [2.75, 3.05) is 13.7 Å². The van der Waals surface area contributed by atoms with Crippen molar-refractivity contribution < 1.29 is 19.4 Å². The summed E-state index contributed by atoms with van der Waals surface area (Å²) in [6, 6.07) is 7.82. The number of methoxy groups -OCH3 is 1. The predicted octanol–water partition coefficient (Wildman–Crippen LogP) is 3.42. The maximum atomic E-state index is 12.3. The van der Waals surface area contributed by atoms with Gasteiger partial charge in [-0.1, -0.05) is 44.4 Å². The fourth-order valence-corrected chi connectivity index (χ4v) is 3.67. The molecule has 1 aliphatic carbocycles. The van der Waals surface area contributed by atoms with E-state index in [-0.39, 0.29) is 18.4 Å². The number of amides is 1. The van der Waals surface area contributed by atoms with Gasteiger partial charge in [0.25, 0.3) is 0 Å². The molecule has 2 rings (SSSR count). The van der Waals surface area contributed by atoms with Gasteiger partial charge in [0, 0.05) is 13.0 Å². The Bertz CT molecular complexity index is 593. The van der Waals surface area contributed by atoms with Crippen molar-refractivity contribution in [2.24, 2.45) is 11.3 Å². The second kappa shape index (κ2) is 8.88. The molecule has 0 aromatic heterocycles. The SMILES string of the molecule is COc1ccccc1CC(C)CC(=O)NCC1(C(=O)O)CCCCC1. The Balaban J connectivity index is 1.85. The number of hydrogen-bond donors (Lipinski definition) is 2. The standard InChI is InChI=1S/C20H29NO4/c1-15(12-16-8-4-5-9-17(16)25-2)13-18(22)21-14-20(19(23)24)10-6-3-7-11-20/h4-5,8-9,15H,3,6-7,10-14H2,1-2H3,(H,21,22)(H,23,24). The van der Waals surface area contributed by atoms with Crippen LogP contribution in [0.5, 0.6) is 5.75 Å². The number of ether oxygens (including phenoxy) is 1. The Kier molecular flexibility index (Phi) is 6.85. The van der Waals surface area contributed by atoms with Gasteiger partial charge >= 0.3 is 5.97 Å². The smallest absolute Gasteiger partial charge is 0.311 e. The first-order valence-corrected chi connectivity index (χ1v) is 9.09. The molecule has 1 atom stereocenters. The molecule has 0 bridgehead atoms. The van der Waals surface area contributed by atoms with E-state index in [0.29, 0.717) is 19.3 Å². The third kappa shape index (κ3) is 5.21. The van der Waals surface area contributed by atoms with Crippen molar-refractivity contribution in [3.05, 3.63) is 29.8 Å². The van der Waals surface area contributed by atoms with Crippen LogP contribution < -0.4 is 10.1 Å². The molecule has 0 aliphatic heterocycles. The van der Waals surface area contributed by atoms with Crippen LogP contribution in [-0.4, -0.2) is 30.6 Å². The minimum absolute atomic E-state index is 0.0754. The molecule has 5 nitrogen and oxygen atoms in total. The first-order valence-electron chi connectivity index (χ1n) is 9.09. The summed E-state index contributed by atoms with van der Waals surface area (Å²) in [7, 11) is 1.64. The number of carbonyl (C=O) groups excluding carboxylic acids is 1. The van der Waals surface area contributed by atoms with Gasteiger partial charge in [-0.05, 0) is 36.8 Å². The highest BCUT2D eigenvalue weighted by Gasteiger charge is 2.39. The average molecular weight is 347 g/mol. The van der Waals surface area contributed by atoms with Gasteiger partial charge in [0.2, 0.25) is 5.91 Å². The van der Waals surface area contributed by atoms with Crippen LogP contribution in [0.2, 0.25) is 0 Å². The summed E-state index contributed by atoms with van der Waals surface area (Å²) in [5.41, 5.74) is 0.305. The highest BCUT2D eigenvalue weighted by atomic mass is 16.5. The quantitative estimate of drug-likeness (QED) is 0.755. The summed E-state index contributed by atoms with van der Waals surface area (Å²) >= 11 is 0. The molecular weight excluding hydrogens is 318 g/mol. The zero-order valence-electron chi connectivity index (χ0n) is 15.2. The number of carboxylic acids is 1. The van der Waals surface area contributed by atoms with Crippen molar-refractivity contribution in [2.45, 2.75) is 51.9 Å². The largest absolute Gasteiger partial charge is 0.496 e. The summed E-state index contributed by atoms with van der Waals surface area (Å²) < 4.78 is 5.35. The summed E-state index contributed by atoms with van der Waals surface area (Å²) in [6.07, 6.45) is 5.37. The van der Waals surface area contributed by atoms with E-state index in [9.17, 15) is 14.7 Å². The molecule has 0 spiro atoms. The van der Waals surface area contributed by atoms with E-state index in [0.717, 1.165) is 37.0 Å². The highest BCUT2D eigenvalue weighted by molar-refractivity contribution is 5.79. The Morgan fingerprint density at radius 3 is 2.56 bits per heavy atom. The number of carboxylic acid groups (broad SMARTS) is 1. The molecule has 1 amide bonds. The van der Waals surface area contributed by atoms with Crippen molar-refractivity contribution >= 4 is 11.9 Å². The molecule has 0 heterocycles. The maximum absolute atomic E-state index is 12.3. The number of hydrogen-bond acceptors (Lipinski definition) is 3. The Labute approximate surface area is 149 Å². The summed E-state index contributed by atoms with van der Waals surface area (Å²) in [5, 5.41) is 12.4. The molecule has 1 unspecified atom stereocenters. The van der Waals surface area contributed by atoms with Crippen molar-refractivity contribution in [1.82, 2.24) is 5.32 Å². The Morgan fingerprint density at radius 1 is 1.24 bits per heavy atom. The minimum Gasteiger partial charge on any atom is -0.496 e. The van der Waals surface area contributed by atoms with Crippen LogP contribution in [-0.2, 0) is 16.0 Å².